The van der Waals surface area contributed by atoms with Crippen LogP contribution in [-0.4, -0.2) is 4.98 Å². The molecule has 0 unspecified atom stereocenters. The molecule has 0 spiro atoms. The average molecular weight is 197 g/mol. The van der Waals surface area contributed by atoms with Gasteiger partial charge in [-0.15, -0.1) is 11.3 Å². The molecule has 3 nitrogen and oxygen atoms in total. The lowest BCUT2D eigenvalue weighted by Gasteiger charge is -1.96. The smallest absolute Gasteiger partial charge is 0.159 e. The molecule has 2 aromatic rings. The molecule has 62 valence electrons. The summed E-state index contributed by atoms with van der Waals surface area (Å²) in [4.78, 5) is 3.01. The van der Waals surface area contributed by atoms with Gasteiger partial charge in [-0.05, 0) is 24.4 Å². The number of hydrogen-bond donors (Lipinski definition) is 3. The Morgan fingerprint density at radius 1 is 1.33 bits per heavy atom. The SMILES string of the molecule is Nc1cc(N)c2[nH]c(=S)sc2c1. The van der Waals surface area contributed by atoms with Crippen molar-refractivity contribution in [1.29, 1.82) is 0 Å². The predicted octanol–water partition coefficient (Wildman–Crippen LogP) is 2.12. The van der Waals surface area contributed by atoms with Gasteiger partial charge in [0, 0.05) is 5.69 Å². The Morgan fingerprint density at radius 3 is 2.83 bits per heavy atom. The number of thiazole rings is 1. The van der Waals surface area contributed by atoms with Crippen LogP contribution in [0, 0.1) is 3.95 Å². The van der Waals surface area contributed by atoms with Crippen LogP contribution >= 0.6 is 23.6 Å². The second-order valence-electron chi connectivity index (χ2n) is 2.50. The van der Waals surface area contributed by atoms with E-state index in [-0.39, 0.29) is 0 Å². The van der Waals surface area contributed by atoms with Gasteiger partial charge < -0.3 is 16.5 Å². The molecule has 1 heterocycles. The molecule has 5 N–H and O–H groups in total. The fourth-order valence-electron chi connectivity index (χ4n) is 1.10. The molecule has 0 amide bonds. The molecule has 0 atom stereocenters. The van der Waals surface area contributed by atoms with Crippen LogP contribution in [0.3, 0.4) is 0 Å². The van der Waals surface area contributed by atoms with E-state index in [2.05, 4.69) is 4.98 Å². The van der Waals surface area contributed by atoms with E-state index >= 15 is 0 Å². The van der Waals surface area contributed by atoms with E-state index in [9.17, 15) is 0 Å². The van der Waals surface area contributed by atoms with Crippen molar-refractivity contribution in [2.24, 2.45) is 0 Å². The Balaban J connectivity index is 2.97. The molecular formula is C7H7N3S2. The topological polar surface area (TPSA) is 67.8 Å². The molecule has 1 aromatic carbocycles. The normalized spacial score (nSPS) is 10.7. The van der Waals surface area contributed by atoms with E-state index in [0.29, 0.717) is 11.4 Å². The van der Waals surface area contributed by atoms with Gasteiger partial charge in [-0.1, -0.05) is 0 Å². The van der Waals surface area contributed by atoms with Crippen molar-refractivity contribution in [2.45, 2.75) is 0 Å². The van der Waals surface area contributed by atoms with Gasteiger partial charge in [0.25, 0.3) is 0 Å². The first-order valence-electron chi connectivity index (χ1n) is 3.34. The minimum Gasteiger partial charge on any atom is -0.399 e. The molecule has 0 aliphatic heterocycles. The highest BCUT2D eigenvalue weighted by Gasteiger charge is 2.01. The summed E-state index contributed by atoms with van der Waals surface area (Å²) in [6, 6.07) is 3.59. The fraction of sp³-hybridized carbons (Fsp3) is 0. The van der Waals surface area contributed by atoms with Crippen LogP contribution in [0.4, 0.5) is 11.4 Å². The number of aromatic nitrogens is 1. The molecule has 0 saturated carbocycles. The molecule has 12 heavy (non-hydrogen) atoms. The minimum atomic E-state index is 0.650. The van der Waals surface area contributed by atoms with Crippen LogP contribution in [-0.2, 0) is 0 Å². The van der Waals surface area contributed by atoms with Gasteiger partial charge in [0.15, 0.2) is 3.95 Å². The maximum absolute atomic E-state index is 5.72. The summed E-state index contributed by atoms with van der Waals surface area (Å²) in [5.41, 5.74) is 13.5. The summed E-state index contributed by atoms with van der Waals surface area (Å²) in [6.07, 6.45) is 0. The lowest BCUT2D eigenvalue weighted by molar-refractivity contribution is 1.47. The van der Waals surface area contributed by atoms with Crippen LogP contribution in [0.25, 0.3) is 10.2 Å². The van der Waals surface area contributed by atoms with Gasteiger partial charge in [-0.3, -0.25) is 0 Å². The number of nitrogens with two attached hydrogens (primary N) is 2. The largest absolute Gasteiger partial charge is 0.399 e. The molecule has 0 radical (unpaired) electrons. The Hall–Kier alpha value is -1.07. The van der Waals surface area contributed by atoms with Crippen molar-refractivity contribution < 1.29 is 0 Å². The highest BCUT2D eigenvalue weighted by atomic mass is 32.1. The standard InChI is InChI=1S/C7H7N3S2/c8-3-1-4(9)6-5(2-3)12-7(11)10-6/h1-2H,8-9H2,(H,10,11). The lowest BCUT2D eigenvalue weighted by atomic mass is 10.2. The van der Waals surface area contributed by atoms with Crippen LogP contribution < -0.4 is 11.5 Å². The Labute approximate surface area is 78.0 Å². The fourth-order valence-corrected chi connectivity index (χ4v) is 2.29. The van der Waals surface area contributed by atoms with Crippen LogP contribution in [0.2, 0.25) is 0 Å². The molecule has 0 fully saturated rings. The van der Waals surface area contributed by atoms with Crippen molar-refractivity contribution >= 4 is 45.1 Å². The van der Waals surface area contributed by atoms with Crippen LogP contribution in [0.15, 0.2) is 12.1 Å². The summed E-state index contributed by atoms with van der Waals surface area (Å²) in [7, 11) is 0. The zero-order valence-electron chi connectivity index (χ0n) is 6.13. The van der Waals surface area contributed by atoms with E-state index in [4.69, 9.17) is 23.7 Å². The predicted molar refractivity (Wildman–Crippen MR) is 55.8 cm³/mol. The third-order valence-corrected chi connectivity index (χ3v) is 2.77. The maximum Gasteiger partial charge on any atom is 0.159 e. The summed E-state index contributed by atoms with van der Waals surface area (Å²) >= 11 is 6.46. The van der Waals surface area contributed by atoms with Gasteiger partial charge in [0.1, 0.15) is 0 Å². The van der Waals surface area contributed by atoms with Crippen molar-refractivity contribution in [1.82, 2.24) is 4.98 Å². The molecule has 0 aliphatic rings. The van der Waals surface area contributed by atoms with Crippen molar-refractivity contribution in [3.8, 4) is 0 Å². The van der Waals surface area contributed by atoms with Crippen molar-refractivity contribution in [3.63, 3.8) is 0 Å². The van der Waals surface area contributed by atoms with Crippen LogP contribution in [0.1, 0.15) is 0 Å². The van der Waals surface area contributed by atoms with Gasteiger partial charge in [0.2, 0.25) is 0 Å². The van der Waals surface area contributed by atoms with Gasteiger partial charge in [-0.25, -0.2) is 0 Å². The second-order valence-corrected chi connectivity index (χ2v) is 4.22. The quantitative estimate of drug-likeness (QED) is 0.447. The first-order chi connectivity index (χ1) is 5.66. The number of nitrogens with one attached hydrogen (secondary N) is 1. The number of nitrogen functional groups attached to an aromatic ring is 2. The number of anilines is 2. The Bertz CT molecular complexity index is 483. The molecule has 5 heteroatoms. The number of H-pyrrole nitrogens is 1. The molecule has 0 bridgehead atoms. The number of fused-ring (bicyclic) bond motifs is 1. The van der Waals surface area contributed by atoms with Gasteiger partial charge in [-0.2, -0.15) is 0 Å². The summed E-state index contributed by atoms with van der Waals surface area (Å²) < 4.78 is 1.74. The number of benzene rings is 1. The Morgan fingerprint density at radius 2 is 2.08 bits per heavy atom. The monoisotopic (exact) mass is 197 g/mol. The molecule has 2 rings (SSSR count). The van der Waals surface area contributed by atoms with Gasteiger partial charge >= 0.3 is 0 Å². The van der Waals surface area contributed by atoms with Crippen molar-refractivity contribution in [2.75, 3.05) is 11.5 Å². The number of hydrogen-bond acceptors (Lipinski definition) is 4. The Kier molecular flexibility index (Phi) is 1.55. The highest BCUT2D eigenvalue weighted by Crippen LogP contribution is 2.27. The average Bonchev–Trinajstić information content (AvgIpc) is 2.29. The first kappa shape index (κ1) is 7.57. The summed E-state index contributed by atoms with van der Waals surface area (Å²) in [5.74, 6) is 0. The lowest BCUT2D eigenvalue weighted by Crippen LogP contribution is -1.90. The van der Waals surface area contributed by atoms with E-state index in [1.807, 2.05) is 6.07 Å². The van der Waals surface area contributed by atoms with Crippen LogP contribution in [0.5, 0.6) is 0 Å². The molecule has 0 aliphatic carbocycles. The maximum atomic E-state index is 5.72. The third kappa shape index (κ3) is 1.07. The van der Waals surface area contributed by atoms with E-state index in [1.165, 1.54) is 11.3 Å². The molecular weight excluding hydrogens is 190 g/mol. The second kappa shape index (κ2) is 2.46. The van der Waals surface area contributed by atoms with Crippen molar-refractivity contribution in [3.05, 3.63) is 16.1 Å². The summed E-state index contributed by atoms with van der Waals surface area (Å²) in [6.45, 7) is 0. The minimum absolute atomic E-state index is 0.650. The summed E-state index contributed by atoms with van der Waals surface area (Å²) in [5, 5.41) is 0. The third-order valence-electron chi connectivity index (χ3n) is 1.58. The van der Waals surface area contributed by atoms with E-state index < -0.39 is 0 Å². The zero-order chi connectivity index (χ0) is 8.72. The zero-order valence-corrected chi connectivity index (χ0v) is 7.76. The first-order valence-corrected chi connectivity index (χ1v) is 4.57. The number of aromatic amines is 1. The van der Waals surface area contributed by atoms with Gasteiger partial charge in [0.05, 0.1) is 15.9 Å². The van der Waals surface area contributed by atoms with E-state index in [0.717, 1.165) is 14.2 Å². The number of rotatable bonds is 0. The van der Waals surface area contributed by atoms with E-state index in [1.54, 1.807) is 6.07 Å². The molecule has 0 saturated heterocycles. The highest BCUT2D eigenvalue weighted by molar-refractivity contribution is 7.73. The molecule has 1 aromatic heterocycles.